The van der Waals surface area contributed by atoms with Gasteiger partial charge < -0.3 is 45.4 Å². The topological polar surface area (TPSA) is 23.8 Å². The Kier molecular flexibility index (Phi) is 29.8. The predicted molar refractivity (Wildman–Crippen MR) is 86.9 cm³/mol. The predicted octanol–water partition coefficient (Wildman–Crippen LogP) is -0.770. The fourth-order valence-electron chi connectivity index (χ4n) is 1.31. The van der Waals surface area contributed by atoms with Gasteiger partial charge in [-0.2, -0.15) is 6.07 Å². The van der Waals surface area contributed by atoms with Gasteiger partial charge in [-0.1, -0.05) is 33.8 Å². The van der Waals surface area contributed by atoms with Crippen LogP contribution in [0.1, 0.15) is 26.3 Å². The van der Waals surface area contributed by atoms with Crippen molar-refractivity contribution in [3.8, 4) is 0 Å². The number of fused-ring (bicyclic) bond motifs is 1. The molecule has 0 spiro atoms. The molecule has 0 amide bonds. The number of hydrogen-bond donors (Lipinski definition) is 0. The first-order valence-electron chi connectivity index (χ1n) is 5.23. The molecule has 5 heteroatoms. The van der Waals surface area contributed by atoms with Crippen LogP contribution in [-0.2, 0) is 21.7 Å². The number of benzene rings is 1. The van der Waals surface area contributed by atoms with E-state index in [1.54, 1.807) is 0 Å². The fraction of sp³-hybridized carbons (Fsp3) is 0.312. The summed E-state index contributed by atoms with van der Waals surface area (Å²) >= 11 is 0. The molecule has 0 bridgehead atoms. The second-order valence-corrected chi connectivity index (χ2v) is 4.91. The molecule has 2 aromatic rings. The van der Waals surface area contributed by atoms with Crippen molar-refractivity contribution >= 4 is 21.7 Å². The van der Waals surface area contributed by atoms with Gasteiger partial charge in [-0.15, -0.1) is 46.1 Å². The summed E-state index contributed by atoms with van der Waals surface area (Å²) in [5, 5.41) is 2.69. The zero-order valence-electron chi connectivity index (χ0n) is 13.7. The first kappa shape index (κ1) is 37.5. The van der Waals surface area contributed by atoms with Crippen molar-refractivity contribution in [2.75, 3.05) is 0 Å². The Morgan fingerprint density at radius 3 is 1.76 bits per heavy atom. The van der Waals surface area contributed by atoms with Crippen molar-refractivity contribution in [1.29, 1.82) is 0 Å². The van der Waals surface area contributed by atoms with Crippen LogP contribution < -0.4 is 24.8 Å². The van der Waals surface area contributed by atoms with E-state index in [1.165, 1.54) is 16.3 Å². The van der Waals surface area contributed by atoms with Crippen molar-refractivity contribution in [3.63, 3.8) is 0 Å². The first-order chi connectivity index (χ1) is 6.86. The maximum atomic E-state index is 6.94. The Morgan fingerprint density at radius 2 is 1.38 bits per heavy atom. The summed E-state index contributed by atoms with van der Waals surface area (Å²) < 4.78 is 0. The minimum Gasteiger partial charge on any atom is -1.00 e. The molecule has 0 fully saturated rings. The van der Waals surface area contributed by atoms with E-state index >= 15 is 0 Å². The first-order valence-corrected chi connectivity index (χ1v) is 5.23. The molecule has 2 aromatic carbocycles. The largest absolute Gasteiger partial charge is 2.00 e. The minimum atomic E-state index is -0.250. The molecule has 21 heavy (non-hydrogen) atoms. The van der Waals surface area contributed by atoms with Crippen LogP contribution in [0, 0.1) is 21.8 Å². The van der Waals surface area contributed by atoms with Crippen LogP contribution in [-0.4, -0.2) is 16.5 Å². The molecule has 0 unspecified atom stereocenters. The van der Waals surface area contributed by atoms with Gasteiger partial charge in [-0.3, -0.25) is 0 Å². The van der Waals surface area contributed by atoms with Gasteiger partial charge in [0.05, 0.1) is 0 Å². The van der Waals surface area contributed by atoms with Crippen LogP contribution in [0.3, 0.4) is 0 Å². The van der Waals surface area contributed by atoms with Gasteiger partial charge in [-0.05, 0) is 0 Å². The molecule has 0 aliphatic carbocycles. The second-order valence-electron chi connectivity index (χ2n) is 4.91. The zero-order valence-corrected chi connectivity index (χ0v) is 17.8. The SMILES string of the molecule is CC(C)(C)[NH-].Cc1cc2ccccc2[cH-]1.[CH3-].[CH3-].[Cl-].[Cl-].[Si].[Ti+2]. The molecule has 1 N–H and O–H groups in total. The van der Waals surface area contributed by atoms with Crippen LogP contribution in [0.4, 0.5) is 0 Å². The number of rotatable bonds is 0. The normalized spacial score (nSPS) is 7.86. The molecule has 0 atom stereocenters. The molecule has 0 aliphatic rings. The number of halogens is 2. The maximum Gasteiger partial charge on any atom is 2.00 e. The van der Waals surface area contributed by atoms with E-state index in [4.69, 9.17) is 5.73 Å². The van der Waals surface area contributed by atoms with Gasteiger partial charge in [-0.25, -0.2) is 0 Å². The van der Waals surface area contributed by atoms with Gasteiger partial charge in [0.1, 0.15) is 0 Å². The Hall–Kier alpha value is 0.301. The molecule has 0 heterocycles. The second kappa shape index (κ2) is 16.7. The molecule has 0 saturated carbocycles. The van der Waals surface area contributed by atoms with Crippen LogP contribution in [0.15, 0.2) is 36.4 Å². The monoisotopic (exact) mass is 377 g/mol. The Bertz CT molecular complexity index is 400. The Balaban J connectivity index is -0.0000000469. The molecule has 0 saturated heterocycles. The molecule has 2 rings (SSSR count). The summed E-state index contributed by atoms with van der Waals surface area (Å²) in [4.78, 5) is 0. The molecular formula is C16H25Cl2NSiTi-4. The smallest absolute Gasteiger partial charge is 1.00 e. The summed E-state index contributed by atoms with van der Waals surface area (Å²) in [5.41, 5.74) is 8.04. The maximum absolute atomic E-state index is 6.94. The number of hydrogen-bond acceptors (Lipinski definition) is 0. The molecular weight excluding hydrogens is 353 g/mol. The summed E-state index contributed by atoms with van der Waals surface area (Å²) in [5.74, 6) is 0. The van der Waals surface area contributed by atoms with E-state index in [9.17, 15) is 0 Å². The van der Waals surface area contributed by atoms with Crippen LogP contribution in [0.25, 0.3) is 16.5 Å². The van der Waals surface area contributed by atoms with Crippen molar-refractivity contribution in [2.45, 2.75) is 33.2 Å². The van der Waals surface area contributed by atoms with Crippen LogP contribution in [0.5, 0.6) is 0 Å². The van der Waals surface area contributed by atoms with Gasteiger partial charge in [0.2, 0.25) is 0 Å². The van der Waals surface area contributed by atoms with Gasteiger partial charge >= 0.3 is 21.7 Å². The van der Waals surface area contributed by atoms with Crippen molar-refractivity contribution in [1.82, 2.24) is 0 Å². The summed E-state index contributed by atoms with van der Waals surface area (Å²) in [6.45, 7) is 7.69. The van der Waals surface area contributed by atoms with Crippen LogP contribution >= 0.6 is 0 Å². The number of aryl methyl sites for hydroxylation is 1. The van der Waals surface area contributed by atoms with E-state index in [1.807, 2.05) is 20.8 Å². The van der Waals surface area contributed by atoms with E-state index in [-0.39, 0.29) is 77.9 Å². The molecule has 0 aromatic heterocycles. The molecule has 120 valence electrons. The average Bonchev–Trinajstić information content (AvgIpc) is 2.40. The zero-order chi connectivity index (χ0) is 11.5. The van der Waals surface area contributed by atoms with Crippen molar-refractivity contribution in [2.24, 2.45) is 0 Å². The quantitative estimate of drug-likeness (QED) is 0.425. The molecule has 1 nitrogen and oxygen atoms in total. The third kappa shape index (κ3) is 18.3. The fourth-order valence-corrected chi connectivity index (χ4v) is 1.31. The van der Waals surface area contributed by atoms with E-state index in [0.717, 1.165) is 0 Å². The third-order valence-corrected chi connectivity index (χ3v) is 1.76. The summed E-state index contributed by atoms with van der Waals surface area (Å²) in [6, 6.07) is 12.8. The van der Waals surface area contributed by atoms with Crippen molar-refractivity contribution in [3.05, 3.63) is 62.5 Å². The number of nitrogens with one attached hydrogen (secondary N) is 1. The Morgan fingerprint density at radius 1 is 1.00 bits per heavy atom. The van der Waals surface area contributed by atoms with Gasteiger partial charge in [0.25, 0.3) is 0 Å². The standard InChI is InChI=1S/C10H9.C4H10N.2CH3.2ClH.Si.Ti/c1-8-6-9-4-2-3-5-10(9)7-8;1-4(2,3)5;;;;;;/h2-7H,1H3;5H,1-3H3;2*1H3;2*1H;;/q4*-1;;;;+2/p-2. The third-order valence-electron chi connectivity index (χ3n) is 1.76. The van der Waals surface area contributed by atoms with E-state index in [2.05, 4.69) is 43.3 Å². The summed E-state index contributed by atoms with van der Waals surface area (Å²) in [7, 11) is 0. The van der Waals surface area contributed by atoms with Crippen LogP contribution in [0.2, 0.25) is 0 Å². The van der Waals surface area contributed by atoms with Gasteiger partial charge in [0, 0.05) is 11.0 Å². The molecule has 4 radical (unpaired) electrons. The van der Waals surface area contributed by atoms with E-state index in [0.29, 0.717) is 0 Å². The minimum absolute atomic E-state index is 0. The summed E-state index contributed by atoms with van der Waals surface area (Å²) in [6.07, 6.45) is 0. The van der Waals surface area contributed by atoms with Gasteiger partial charge in [0.15, 0.2) is 0 Å². The average molecular weight is 378 g/mol. The molecule has 0 aliphatic heterocycles. The van der Waals surface area contributed by atoms with E-state index < -0.39 is 0 Å². The Labute approximate surface area is 163 Å². The van der Waals surface area contributed by atoms with Crippen molar-refractivity contribution < 1.29 is 46.5 Å².